The van der Waals surface area contributed by atoms with Gasteiger partial charge in [-0.1, -0.05) is 54.4 Å². The first-order valence-electron chi connectivity index (χ1n) is 12.6. The van der Waals surface area contributed by atoms with Crippen LogP contribution in [0.2, 0.25) is 0 Å². The van der Waals surface area contributed by atoms with Gasteiger partial charge in [0.15, 0.2) is 0 Å². The van der Waals surface area contributed by atoms with Gasteiger partial charge in [0.05, 0.1) is 18.9 Å². The van der Waals surface area contributed by atoms with Gasteiger partial charge in [-0.2, -0.15) is 0 Å². The Balaban J connectivity index is 1.29. The average molecular weight is 491 g/mol. The number of carboxylic acids is 1. The van der Waals surface area contributed by atoms with Crippen LogP contribution in [-0.4, -0.2) is 34.6 Å². The van der Waals surface area contributed by atoms with Gasteiger partial charge < -0.3 is 19.6 Å². The number of rotatable bonds is 10. The van der Waals surface area contributed by atoms with Gasteiger partial charge in [-0.15, -0.1) is 0 Å². The van der Waals surface area contributed by atoms with Crippen molar-refractivity contribution >= 4 is 11.9 Å². The van der Waals surface area contributed by atoms with E-state index in [-0.39, 0.29) is 18.4 Å². The summed E-state index contributed by atoms with van der Waals surface area (Å²) in [6.45, 7) is 4.90. The zero-order valence-electron chi connectivity index (χ0n) is 20.9. The number of nitrogens with zero attached hydrogens (tertiary/aromatic N) is 1. The lowest BCUT2D eigenvalue weighted by Crippen LogP contribution is -2.42. The normalized spacial score (nSPS) is 18.5. The van der Waals surface area contributed by atoms with E-state index < -0.39 is 11.9 Å². The minimum atomic E-state index is -0.984. The summed E-state index contributed by atoms with van der Waals surface area (Å²) in [5.74, 6) is -0.227. The molecule has 3 unspecified atom stereocenters. The smallest absolute Gasteiger partial charge is 0.304 e. The summed E-state index contributed by atoms with van der Waals surface area (Å²) >= 11 is 0. The molecule has 3 aromatic rings. The molecule has 2 aromatic carbocycles. The molecule has 7 nitrogen and oxygen atoms in total. The highest BCUT2D eigenvalue weighted by molar-refractivity contribution is 5.88. The second-order valence-corrected chi connectivity index (χ2v) is 9.71. The molecule has 0 spiro atoms. The van der Waals surface area contributed by atoms with Crippen LogP contribution in [0.25, 0.3) is 11.5 Å². The summed E-state index contributed by atoms with van der Waals surface area (Å²) in [5.41, 5.74) is 3.62. The monoisotopic (exact) mass is 490 g/mol. The number of amides is 1. The molecule has 2 N–H and O–H groups in total. The Hall–Kier alpha value is -3.45. The maximum Gasteiger partial charge on any atom is 0.304 e. The number of aromatic nitrogens is 1. The highest BCUT2D eigenvalue weighted by Gasteiger charge is 2.28. The van der Waals surface area contributed by atoms with Gasteiger partial charge in [0.25, 0.3) is 0 Å². The predicted octanol–water partition coefficient (Wildman–Crippen LogP) is 5.41. The first kappa shape index (κ1) is 25.6. The molecule has 1 aliphatic carbocycles. The van der Waals surface area contributed by atoms with Crippen LogP contribution in [-0.2, 0) is 20.9 Å². The summed E-state index contributed by atoms with van der Waals surface area (Å²) in [6, 6.07) is 17.2. The number of carbonyl (C=O) groups is 2. The second kappa shape index (κ2) is 12.0. The van der Waals surface area contributed by atoms with E-state index in [1.165, 1.54) is 0 Å². The van der Waals surface area contributed by atoms with E-state index in [1.807, 2.05) is 56.3 Å². The van der Waals surface area contributed by atoms with Crippen LogP contribution in [0, 0.1) is 19.8 Å². The quantitative estimate of drug-likeness (QED) is 0.394. The van der Waals surface area contributed by atoms with Crippen molar-refractivity contribution < 1.29 is 23.8 Å². The van der Waals surface area contributed by atoms with Crippen molar-refractivity contribution in [2.24, 2.45) is 5.92 Å². The number of carboxylic acid groups (broad SMARTS) is 1. The first-order chi connectivity index (χ1) is 17.4. The van der Waals surface area contributed by atoms with Crippen molar-refractivity contribution in [3.8, 4) is 11.5 Å². The summed E-state index contributed by atoms with van der Waals surface area (Å²) in [4.78, 5) is 29.0. The number of aryl methyl sites for hydroxylation is 2. The number of aliphatic carboxylic acids is 1. The topological polar surface area (TPSA) is 102 Å². The molecular formula is C29H34N2O5. The maximum absolute atomic E-state index is 13.0. The molecule has 0 bridgehead atoms. The molecule has 1 fully saturated rings. The van der Waals surface area contributed by atoms with Crippen molar-refractivity contribution in [3.63, 3.8) is 0 Å². The van der Waals surface area contributed by atoms with Gasteiger partial charge in [0.2, 0.25) is 11.8 Å². The molecule has 190 valence electrons. The van der Waals surface area contributed by atoms with Gasteiger partial charge in [-0.05, 0) is 56.7 Å². The molecule has 1 aliphatic rings. The Morgan fingerprint density at radius 2 is 1.94 bits per heavy atom. The molecule has 0 saturated heterocycles. The van der Waals surface area contributed by atoms with E-state index in [4.69, 9.17) is 9.15 Å². The molecule has 7 heteroatoms. The van der Waals surface area contributed by atoms with Gasteiger partial charge in [-0.25, -0.2) is 4.98 Å². The Morgan fingerprint density at radius 1 is 1.14 bits per heavy atom. The van der Waals surface area contributed by atoms with Crippen LogP contribution in [0.15, 0.2) is 59.0 Å². The predicted molar refractivity (Wildman–Crippen MR) is 136 cm³/mol. The van der Waals surface area contributed by atoms with Crippen LogP contribution in [0.3, 0.4) is 0 Å². The summed E-state index contributed by atoms with van der Waals surface area (Å²) < 4.78 is 11.9. The molecule has 1 saturated carbocycles. The van der Waals surface area contributed by atoms with Crippen molar-refractivity contribution in [2.75, 3.05) is 6.61 Å². The Bertz CT molecular complexity index is 1170. The minimum Gasteiger partial charge on any atom is -0.481 e. The van der Waals surface area contributed by atoms with Crippen molar-refractivity contribution in [3.05, 3.63) is 77.2 Å². The summed E-state index contributed by atoms with van der Waals surface area (Å²) in [7, 11) is 0. The van der Waals surface area contributed by atoms with Crippen LogP contribution < -0.4 is 5.32 Å². The standard InChI is InChI=1S/C29H34N2O5/c1-19-8-6-12-23(14-19)29-31-26(20(2)36-29)18-35-17-21-9-7-13-24(15-21)30-28(34)25(16-27(32)33)22-10-4-3-5-11-22/h3-6,8,10-12,14,21,24-25H,7,9,13,15-18H2,1-2H3,(H,30,34)(H,32,33). The Kier molecular flexibility index (Phi) is 8.54. The lowest BCUT2D eigenvalue weighted by atomic mass is 9.85. The molecule has 0 aliphatic heterocycles. The number of oxazole rings is 1. The fourth-order valence-electron chi connectivity index (χ4n) is 4.88. The van der Waals surface area contributed by atoms with Crippen LogP contribution in [0.4, 0.5) is 0 Å². The third-order valence-corrected chi connectivity index (χ3v) is 6.78. The van der Waals surface area contributed by atoms with Crippen LogP contribution >= 0.6 is 0 Å². The SMILES string of the molecule is Cc1cccc(-c2nc(COCC3CCCC(NC(=O)C(CC(=O)O)c4ccccc4)C3)c(C)o2)c1. The van der Waals surface area contributed by atoms with E-state index in [9.17, 15) is 14.7 Å². The van der Waals surface area contributed by atoms with E-state index >= 15 is 0 Å². The molecule has 4 rings (SSSR count). The van der Waals surface area contributed by atoms with Crippen LogP contribution in [0.1, 0.15) is 60.6 Å². The molecule has 1 amide bonds. The highest BCUT2D eigenvalue weighted by atomic mass is 16.5. The third-order valence-electron chi connectivity index (χ3n) is 6.78. The van der Waals surface area contributed by atoms with E-state index in [1.54, 1.807) is 12.1 Å². The van der Waals surface area contributed by atoms with Gasteiger partial charge in [0, 0.05) is 18.2 Å². The Labute approximate surface area is 211 Å². The number of ether oxygens (including phenoxy) is 1. The lowest BCUT2D eigenvalue weighted by molar-refractivity contribution is -0.139. The van der Waals surface area contributed by atoms with E-state index in [0.717, 1.165) is 53.8 Å². The van der Waals surface area contributed by atoms with Crippen molar-refractivity contribution in [2.45, 2.75) is 64.5 Å². The number of carbonyl (C=O) groups excluding carboxylic acids is 1. The Morgan fingerprint density at radius 3 is 2.69 bits per heavy atom. The molecule has 1 aromatic heterocycles. The molecular weight excluding hydrogens is 456 g/mol. The van der Waals surface area contributed by atoms with Crippen molar-refractivity contribution in [1.29, 1.82) is 0 Å². The summed E-state index contributed by atoms with van der Waals surface area (Å²) in [6.07, 6.45) is 3.51. The van der Waals surface area contributed by atoms with E-state index in [0.29, 0.717) is 25.0 Å². The third kappa shape index (κ3) is 6.82. The largest absolute Gasteiger partial charge is 0.481 e. The zero-order chi connectivity index (χ0) is 25.5. The fraction of sp³-hybridized carbons (Fsp3) is 0.414. The molecule has 3 atom stereocenters. The van der Waals surface area contributed by atoms with E-state index in [2.05, 4.69) is 10.3 Å². The lowest BCUT2D eigenvalue weighted by Gasteiger charge is -2.30. The molecule has 1 heterocycles. The fourth-order valence-corrected chi connectivity index (χ4v) is 4.88. The molecule has 0 radical (unpaired) electrons. The van der Waals surface area contributed by atoms with Crippen molar-refractivity contribution in [1.82, 2.24) is 10.3 Å². The average Bonchev–Trinajstić information content (AvgIpc) is 3.23. The number of benzene rings is 2. The second-order valence-electron chi connectivity index (χ2n) is 9.71. The minimum absolute atomic E-state index is 0.0153. The summed E-state index contributed by atoms with van der Waals surface area (Å²) in [5, 5.41) is 12.4. The number of nitrogens with one attached hydrogen (secondary N) is 1. The van der Waals surface area contributed by atoms with Gasteiger partial charge >= 0.3 is 5.97 Å². The zero-order valence-corrected chi connectivity index (χ0v) is 20.9. The molecule has 36 heavy (non-hydrogen) atoms. The van der Waals surface area contributed by atoms with Crippen LogP contribution in [0.5, 0.6) is 0 Å². The highest BCUT2D eigenvalue weighted by Crippen LogP contribution is 2.28. The first-order valence-corrected chi connectivity index (χ1v) is 12.6. The van der Waals surface area contributed by atoms with Gasteiger partial charge in [-0.3, -0.25) is 9.59 Å². The maximum atomic E-state index is 13.0. The number of hydrogen-bond acceptors (Lipinski definition) is 5. The van der Waals surface area contributed by atoms with Gasteiger partial charge in [0.1, 0.15) is 11.5 Å². The number of hydrogen-bond donors (Lipinski definition) is 2.